The summed E-state index contributed by atoms with van der Waals surface area (Å²) in [6, 6.07) is 10.9. The molecular formula is C17H14FN3O2S. The van der Waals surface area contributed by atoms with Crippen molar-refractivity contribution < 1.29 is 14.3 Å². The number of phenolic OH excluding ortho intramolecular Hbond substituents is 1. The topological polar surface area (TPSA) is 74.2 Å². The number of hydrogen-bond acceptors (Lipinski definition) is 5. The third-order valence-electron chi connectivity index (χ3n) is 3.20. The molecule has 3 rings (SSSR count). The summed E-state index contributed by atoms with van der Waals surface area (Å²) in [6.45, 7) is 1.37. The van der Waals surface area contributed by atoms with Crippen LogP contribution in [0.5, 0.6) is 5.75 Å². The molecule has 0 unspecified atom stereocenters. The average Bonchev–Trinajstić information content (AvgIpc) is 3.00. The van der Waals surface area contributed by atoms with E-state index in [4.69, 9.17) is 0 Å². The Morgan fingerprint density at radius 2 is 1.96 bits per heavy atom. The van der Waals surface area contributed by atoms with E-state index in [9.17, 15) is 14.3 Å². The molecule has 0 atom stereocenters. The average molecular weight is 343 g/mol. The number of rotatable bonds is 4. The Balaban J connectivity index is 1.82. The maximum Gasteiger partial charge on any atom is 0.221 e. The summed E-state index contributed by atoms with van der Waals surface area (Å²) in [5.41, 5.74) is 2.54. The summed E-state index contributed by atoms with van der Waals surface area (Å²) in [4.78, 5) is 15.6. The second-order valence-corrected chi connectivity index (χ2v) is 5.94. The van der Waals surface area contributed by atoms with E-state index in [0.717, 1.165) is 11.3 Å². The van der Waals surface area contributed by atoms with Crippen LogP contribution in [0.4, 0.5) is 20.9 Å². The van der Waals surface area contributed by atoms with Crippen molar-refractivity contribution in [1.82, 2.24) is 4.98 Å². The van der Waals surface area contributed by atoms with Crippen LogP contribution in [0.25, 0.3) is 11.3 Å². The number of amides is 1. The van der Waals surface area contributed by atoms with Crippen molar-refractivity contribution >= 4 is 33.8 Å². The van der Waals surface area contributed by atoms with E-state index >= 15 is 0 Å². The van der Waals surface area contributed by atoms with E-state index in [-0.39, 0.29) is 17.5 Å². The van der Waals surface area contributed by atoms with Crippen LogP contribution in [0, 0.1) is 5.82 Å². The SMILES string of the molecule is CC(=O)Nc1cc(-c2csc(Nc3ccc(F)cc3)n2)ccc1O. The number of benzene rings is 2. The molecule has 24 heavy (non-hydrogen) atoms. The lowest BCUT2D eigenvalue weighted by Crippen LogP contribution is -2.05. The fourth-order valence-electron chi connectivity index (χ4n) is 2.11. The highest BCUT2D eigenvalue weighted by Crippen LogP contribution is 2.32. The van der Waals surface area contributed by atoms with Crippen molar-refractivity contribution in [2.45, 2.75) is 6.92 Å². The van der Waals surface area contributed by atoms with Crippen molar-refractivity contribution in [3.8, 4) is 17.0 Å². The van der Waals surface area contributed by atoms with Gasteiger partial charge in [0.05, 0.1) is 11.4 Å². The summed E-state index contributed by atoms with van der Waals surface area (Å²) in [7, 11) is 0. The van der Waals surface area contributed by atoms with Crippen LogP contribution in [0.15, 0.2) is 47.8 Å². The summed E-state index contributed by atoms with van der Waals surface area (Å²) in [6.07, 6.45) is 0. The number of carbonyl (C=O) groups excluding carboxylic acids is 1. The van der Waals surface area contributed by atoms with Crippen LogP contribution in [0.1, 0.15) is 6.92 Å². The number of aromatic nitrogens is 1. The molecule has 1 amide bonds. The lowest BCUT2D eigenvalue weighted by molar-refractivity contribution is -0.114. The first-order valence-electron chi connectivity index (χ1n) is 7.10. The zero-order chi connectivity index (χ0) is 17.1. The van der Waals surface area contributed by atoms with Crippen LogP contribution < -0.4 is 10.6 Å². The monoisotopic (exact) mass is 343 g/mol. The third kappa shape index (κ3) is 3.69. The van der Waals surface area contributed by atoms with Gasteiger partial charge in [0, 0.05) is 23.6 Å². The van der Waals surface area contributed by atoms with E-state index in [2.05, 4.69) is 15.6 Å². The van der Waals surface area contributed by atoms with E-state index in [1.807, 2.05) is 5.38 Å². The van der Waals surface area contributed by atoms with Crippen LogP contribution in [0.2, 0.25) is 0 Å². The zero-order valence-electron chi connectivity index (χ0n) is 12.7. The van der Waals surface area contributed by atoms with Crippen molar-refractivity contribution in [2.75, 3.05) is 10.6 Å². The summed E-state index contributed by atoms with van der Waals surface area (Å²) >= 11 is 1.40. The Morgan fingerprint density at radius 1 is 1.21 bits per heavy atom. The van der Waals surface area contributed by atoms with Gasteiger partial charge >= 0.3 is 0 Å². The number of thiazole rings is 1. The van der Waals surface area contributed by atoms with Gasteiger partial charge in [-0.05, 0) is 42.5 Å². The fraction of sp³-hybridized carbons (Fsp3) is 0.0588. The first-order chi connectivity index (χ1) is 11.5. The maximum atomic E-state index is 12.9. The summed E-state index contributed by atoms with van der Waals surface area (Å²) in [5, 5.41) is 18.0. The fourth-order valence-corrected chi connectivity index (χ4v) is 2.85. The van der Waals surface area contributed by atoms with Gasteiger partial charge in [0.2, 0.25) is 5.91 Å². The van der Waals surface area contributed by atoms with Gasteiger partial charge in [0.15, 0.2) is 5.13 Å². The first-order valence-corrected chi connectivity index (χ1v) is 7.98. The highest BCUT2D eigenvalue weighted by Gasteiger charge is 2.09. The number of halogens is 1. The molecule has 1 aromatic heterocycles. The minimum atomic E-state index is -0.296. The number of phenols is 1. The molecule has 0 aliphatic heterocycles. The lowest BCUT2D eigenvalue weighted by atomic mass is 10.1. The van der Waals surface area contributed by atoms with E-state index in [1.165, 1.54) is 36.5 Å². The lowest BCUT2D eigenvalue weighted by Gasteiger charge is -2.07. The standard InChI is InChI=1S/C17H14FN3O2S/c1-10(22)19-14-8-11(2-7-16(14)23)15-9-24-17(21-15)20-13-5-3-12(18)4-6-13/h2-9,23H,1H3,(H,19,22)(H,20,21). The summed E-state index contributed by atoms with van der Waals surface area (Å²) < 4.78 is 12.9. The Kier molecular flexibility index (Phi) is 4.43. The molecule has 0 aliphatic carbocycles. The molecule has 0 fully saturated rings. The Bertz CT molecular complexity index is 878. The highest BCUT2D eigenvalue weighted by atomic mass is 32.1. The molecular weight excluding hydrogens is 329 g/mol. The van der Waals surface area contributed by atoms with Crippen LogP contribution in [0.3, 0.4) is 0 Å². The zero-order valence-corrected chi connectivity index (χ0v) is 13.5. The molecule has 3 N–H and O–H groups in total. The van der Waals surface area contributed by atoms with Gasteiger partial charge in [0.1, 0.15) is 11.6 Å². The molecule has 0 bridgehead atoms. The number of nitrogens with zero attached hydrogens (tertiary/aromatic N) is 1. The maximum absolute atomic E-state index is 12.9. The smallest absolute Gasteiger partial charge is 0.221 e. The van der Waals surface area contributed by atoms with Crippen molar-refractivity contribution in [3.63, 3.8) is 0 Å². The van der Waals surface area contributed by atoms with Crippen molar-refractivity contribution in [2.24, 2.45) is 0 Å². The second-order valence-electron chi connectivity index (χ2n) is 5.08. The molecule has 1 heterocycles. The predicted molar refractivity (Wildman–Crippen MR) is 93.2 cm³/mol. The van der Waals surface area contributed by atoms with Gasteiger partial charge in [0.25, 0.3) is 0 Å². The summed E-state index contributed by atoms with van der Waals surface area (Å²) in [5.74, 6) is -0.566. The van der Waals surface area contributed by atoms with Crippen LogP contribution in [-0.4, -0.2) is 16.0 Å². The molecule has 0 radical (unpaired) electrons. The molecule has 0 aliphatic rings. The van der Waals surface area contributed by atoms with E-state index in [0.29, 0.717) is 16.5 Å². The Labute approximate surface area is 141 Å². The highest BCUT2D eigenvalue weighted by molar-refractivity contribution is 7.14. The molecule has 0 spiro atoms. The van der Waals surface area contributed by atoms with Crippen LogP contribution >= 0.6 is 11.3 Å². The molecule has 3 aromatic rings. The predicted octanol–water partition coefficient (Wildman–Crippen LogP) is 4.36. The van der Waals surface area contributed by atoms with Gasteiger partial charge in [-0.25, -0.2) is 9.37 Å². The normalized spacial score (nSPS) is 10.4. The molecule has 2 aromatic carbocycles. The molecule has 0 saturated heterocycles. The Hall–Kier alpha value is -2.93. The number of nitrogens with one attached hydrogen (secondary N) is 2. The van der Waals surface area contributed by atoms with Gasteiger partial charge in [-0.15, -0.1) is 11.3 Å². The Morgan fingerprint density at radius 3 is 2.67 bits per heavy atom. The number of aromatic hydroxyl groups is 1. The minimum absolute atomic E-state index is 0.00570. The minimum Gasteiger partial charge on any atom is -0.506 e. The van der Waals surface area contributed by atoms with Gasteiger partial charge in [-0.1, -0.05) is 0 Å². The third-order valence-corrected chi connectivity index (χ3v) is 3.96. The van der Waals surface area contributed by atoms with Gasteiger partial charge < -0.3 is 15.7 Å². The number of anilines is 3. The molecule has 5 nitrogen and oxygen atoms in total. The number of carbonyl (C=O) groups is 1. The molecule has 122 valence electrons. The van der Waals surface area contributed by atoms with E-state index < -0.39 is 0 Å². The van der Waals surface area contributed by atoms with Crippen molar-refractivity contribution in [3.05, 3.63) is 53.7 Å². The van der Waals surface area contributed by atoms with Crippen LogP contribution in [-0.2, 0) is 4.79 Å². The van der Waals surface area contributed by atoms with Gasteiger partial charge in [-0.2, -0.15) is 0 Å². The van der Waals surface area contributed by atoms with Crippen molar-refractivity contribution in [1.29, 1.82) is 0 Å². The van der Waals surface area contributed by atoms with Gasteiger partial charge in [-0.3, -0.25) is 4.79 Å². The second kappa shape index (κ2) is 6.67. The quantitative estimate of drug-likeness (QED) is 0.616. The largest absolute Gasteiger partial charge is 0.506 e. The first kappa shape index (κ1) is 15.9. The number of hydrogen-bond donors (Lipinski definition) is 3. The molecule has 7 heteroatoms. The van der Waals surface area contributed by atoms with E-state index in [1.54, 1.807) is 24.3 Å². The molecule has 0 saturated carbocycles.